The van der Waals surface area contributed by atoms with Gasteiger partial charge < -0.3 is 4.74 Å². The minimum absolute atomic E-state index is 0.0643. The second-order valence-corrected chi connectivity index (χ2v) is 3.89. The van der Waals surface area contributed by atoms with Crippen LogP contribution >= 0.6 is 0 Å². The molecular formula is C10H16O2. The van der Waals surface area contributed by atoms with E-state index in [4.69, 9.17) is 4.74 Å². The molecule has 0 amide bonds. The average Bonchev–Trinajstić information content (AvgIpc) is 2.78. The van der Waals surface area contributed by atoms with Crippen LogP contribution in [0.25, 0.3) is 0 Å². The third-order valence-electron chi connectivity index (χ3n) is 3.22. The number of rotatable bonds is 2. The highest BCUT2D eigenvalue weighted by Gasteiger charge is 2.55. The van der Waals surface area contributed by atoms with Crippen LogP contribution in [0.2, 0.25) is 0 Å². The molecule has 2 unspecified atom stereocenters. The van der Waals surface area contributed by atoms with Crippen molar-refractivity contribution in [1.29, 1.82) is 0 Å². The predicted octanol–water partition coefficient (Wildman–Crippen LogP) is 1.99. The molecule has 0 saturated heterocycles. The van der Waals surface area contributed by atoms with Gasteiger partial charge in [0.15, 0.2) is 0 Å². The summed E-state index contributed by atoms with van der Waals surface area (Å²) in [7, 11) is 0. The predicted molar refractivity (Wildman–Crippen MR) is 45.6 cm³/mol. The molecule has 0 aliphatic heterocycles. The molecule has 0 aromatic rings. The first kappa shape index (κ1) is 8.09. The molecule has 68 valence electrons. The zero-order valence-corrected chi connectivity index (χ0v) is 7.58. The molecular weight excluding hydrogens is 152 g/mol. The second kappa shape index (κ2) is 3.08. The van der Waals surface area contributed by atoms with Crippen molar-refractivity contribution in [2.75, 3.05) is 6.61 Å². The largest absolute Gasteiger partial charge is 0.466 e. The van der Waals surface area contributed by atoms with Crippen LogP contribution in [0.5, 0.6) is 0 Å². The van der Waals surface area contributed by atoms with Crippen LogP contribution in [-0.4, -0.2) is 12.6 Å². The molecule has 2 fully saturated rings. The third-order valence-corrected chi connectivity index (χ3v) is 3.22. The van der Waals surface area contributed by atoms with Crippen LogP contribution in [0.15, 0.2) is 0 Å². The highest BCUT2D eigenvalue weighted by molar-refractivity contribution is 5.76. The van der Waals surface area contributed by atoms with Gasteiger partial charge in [-0.05, 0) is 31.6 Å². The fourth-order valence-electron chi connectivity index (χ4n) is 2.58. The van der Waals surface area contributed by atoms with Crippen LogP contribution in [0.4, 0.5) is 0 Å². The van der Waals surface area contributed by atoms with E-state index in [1.165, 1.54) is 25.7 Å². The maximum atomic E-state index is 11.3. The lowest BCUT2D eigenvalue weighted by Crippen LogP contribution is -2.08. The Morgan fingerprint density at radius 2 is 1.92 bits per heavy atom. The molecule has 2 saturated carbocycles. The number of hydrogen-bond acceptors (Lipinski definition) is 2. The third kappa shape index (κ3) is 1.23. The van der Waals surface area contributed by atoms with Crippen molar-refractivity contribution in [3.8, 4) is 0 Å². The van der Waals surface area contributed by atoms with Crippen LogP contribution in [0, 0.1) is 17.8 Å². The highest BCUT2D eigenvalue weighted by atomic mass is 16.5. The van der Waals surface area contributed by atoms with Crippen LogP contribution < -0.4 is 0 Å². The summed E-state index contributed by atoms with van der Waals surface area (Å²) >= 11 is 0. The number of fused-ring (bicyclic) bond motifs is 1. The summed E-state index contributed by atoms with van der Waals surface area (Å²) in [5, 5.41) is 0. The molecule has 12 heavy (non-hydrogen) atoms. The van der Waals surface area contributed by atoms with Crippen LogP contribution in [0.3, 0.4) is 0 Å². The van der Waals surface area contributed by atoms with Crippen molar-refractivity contribution in [1.82, 2.24) is 0 Å². The van der Waals surface area contributed by atoms with Gasteiger partial charge in [-0.15, -0.1) is 0 Å². The summed E-state index contributed by atoms with van der Waals surface area (Å²) in [6, 6.07) is 0. The Morgan fingerprint density at radius 3 is 2.42 bits per heavy atom. The Bertz CT molecular complexity index is 176. The van der Waals surface area contributed by atoms with Crippen molar-refractivity contribution in [3.05, 3.63) is 0 Å². The molecule has 0 spiro atoms. The van der Waals surface area contributed by atoms with Crippen molar-refractivity contribution in [2.45, 2.75) is 32.6 Å². The normalized spacial score (nSPS) is 38.6. The fraction of sp³-hybridized carbons (Fsp3) is 0.900. The van der Waals surface area contributed by atoms with E-state index in [9.17, 15) is 4.79 Å². The second-order valence-electron chi connectivity index (χ2n) is 3.89. The Kier molecular flexibility index (Phi) is 2.07. The van der Waals surface area contributed by atoms with Gasteiger partial charge in [-0.2, -0.15) is 0 Å². The number of ether oxygens (including phenoxy) is 1. The molecule has 0 aromatic carbocycles. The van der Waals surface area contributed by atoms with Gasteiger partial charge in [0.2, 0.25) is 0 Å². The van der Waals surface area contributed by atoms with Crippen molar-refractivity contribution in [3.63, 3.8) is 0 Å². The van der Waals surface area contributed by atoms with Crippen molar-refractivity contribution in [2.24, 2.45) is 17.8 Å². The van der Waals surface area contributed by atoms with Crippen LogP contribution in [-0.2, 0) is 9.53 Å². The number of carbonyl (C=O) groups is 1. The van der Waals surface area contributed by atoms with E-state index >= 15 is 0 Å². The molecule has 2 nitrogen and oxygen atoms in total. The van der Waals surface area contributed by atoms with E-state index in [2.05, 4.69) is 0 Å². The number of carbonyl (C=O) groups excluding carboxylic acids is 1. The summed E-state index contributed by atoms with van der Waals surface area (Å²) < 4.78 is 5.02. The van der Waals surface area contributed by atoms with E-state index in [0.717, 1.165) is 0 Å². The lowest BCUT2D eigenvalue weighted by atomic mass is 10.0. The molecule has 0 heterocycles. The quantitative estimate of drug-likeness (QED) is 0.589. The summed E-state index contributed by atoms with van der Waals surface area (Å²) in [4.78, 5) is 11.3. The molecule has 0 N–H and O–H groups in total. The molecule has 0 aromatic heterocycles. The zero-order chi connectivity index (χ0) is 8.55. The van der Waals surface area contributed by atoms with Crippen LogP contribution in [0.1, 0.15) is 32.6 Å². The van der Waals surface area contributed by atoms with Gasteiger partial charge in [0.1, 0.15) is 0 Å². The molecule has 2 atom stereocenters. The van der Waals surface area contributed by atoms with E-state index in [-0.39, 0.29) is 11.9 Å². The number of esters is 1. The Hall–Kier alpha value is -0.530. The van der Waals surface area contributed by atoms with Gasteiger partial charge >= 0.3 is 5.97 Å². The molecule has 0 bridgehead atoms. The highest BCUT2D eigenvalue weighted by Crippen LogP contribution is 2.55. The van der Waals surface area contributed by atoms with Gasteiger partial charge in [0.05, 0.1) is 12.5 Å². The van der Waals surface area contributed by atoms with E-state index in [1.807, 2.05) is 6.92 Å². The lowest BCUT2D eigenvalue weighted by molar-refractivity contribution is -0.145. The molecule has 2 rings (SSSR count). The summed E-state index contributed by atoms with van der Waals surface area (Å²) in [5.41, 5.74) is 0. The summed E-state index contributed by atoms with van der Waals surface area (Å²) in [6.45, 7) is 2.42. The molecule has 2 aliphatic rings. The molecule has 0 radical (unpaired) electrons. The minimum Gasteiger partial charge on any atom is -0.466 e. The SMILES string of the molecule is CCOC(=O)C1C2CCCCC21. The first-order valence-electron chi connectivity index (χ1n) is 5.01. The standard InChI is InChI=1S/C10H16O2/c1-2-12-10(11)9-7-5-3-4-6-8(7)9/h7-9H,2-6H2,1H3. The Labute approximate surface area is 73.3 Å². The van der Waals surface area contributed by atoms with Gasteiger partial charge in [-0.25, -0.2) is 0 Å². The minimum atomic E-state index is 0.0643. The number of hydrogen-bond donors (Lipinski definition) is 0. The van der Waals surface area contributed by atoms with Gasteiger partial charge in [0, 0.05) is 0 Å². The van der Waals surface area contributed by atoms with Gasteiger partial charge in [-0.3, -0.25) is 4.79 Å². The van der Waals surface area contributed by atoms with E-state index in [1.54, 1.807) is 0 Å². The Balaban J connectivity index is 1.87. The van der Waals surface area contributed by atoms with Gasteiger partial charge in [-0.1, -0.05) is 12.8 Å². The van der Waals surface area contributed by atoms with Gasteiger partial charge in [0.25, 0.3) is 0 Å². The van der Waals surface area contributed by atoms with Crippen molar-refractivity contribution >= 4 is 5.97 Å². The summed E-state index contributed by atoms with van der Waals surface area (Å²) in [5.74, 6) is 1.73. The first-order valence-corrected chi connectivity index (χ1v) is 5.01. The zero-order valence-electron chi connectivity index (χ0n) is 7.58. The first-order chi connectivity index (χ1) is 5.84. The average molecular weight is 168 g/mol. The molecule has 2 aliphatic carbocycles. The lowest BCUT2D eigenvalue weighted by Gasteiger charge is -2.04. The van der Waals surface area contributed by atoms with Crippen molar-refractivity contribution < 1.29 is 9.53 Å². The Morgan fingerprint density at radius 1 is 1.33 bits per heavy atom. The maximum absolute atomic E-state index is 11.3. The maximum Gasteiger partial charge on any atom is 0.309 e. The smallest absolute Gasteiger partial charge is 0.309 e. The monoisotopic (exact) mass is 168 g/mol. The van der Waals surface area contributed by atoms with E-state index in [0.29, 0.717) is 18.4 Å². The topological polar surface area (TPSA) is 26.3 Å². The summed E-state index contributed by atoms with van der Waals surface area (Å²) in [6.07, 6.45) is 5.15. The molecule has 2 heteroatoms. The fourth-order valence-corrected chi connectivity index (χ4v) is 2.58. The van der Waals surface area contributed by atoms with E-state index < -0.39 is 0 Å².